The van der Waals surface area contributed by atoms with Gasteiger partial charge in [0, 0.05) is 51.0 Å². The first-order valence-corrected chi connectivity index (χ1v) is 64.6. The van der Waals surface area contributed by atoms with Gasteiger partial charge in [0.1, 0.15) is 36.6 Å². The normalized spacial score (nSPS) is 36.4. The van der Waals surface area contributed by atoms with Crippen molar-refractivity contribution >= 4 is 66.2 Å². The summed E-state index contributed by atoms with van der Waals surface area (Å²) in [6.07, 6.45) is 23.6. The summed E-state index contributed by atoms with van der Waals surface area (Å²) in [4.78, 5) is 46.5. The number of benzene rings is 2. The molecule has 2 N–H and O–H groups in total. The predicted octanol–water partition coefficient (Wildman–Crippen LogP) is 20.5. The van der Waals surface area contributed by atoms with E-state index in [1.807, 2.05) is 12.1 Å². The molecule has 5 unspecified atom stereocenters. The van der Waals surface area contributed by atoms with Crippen LogP contribution in [0.15, 0.2) is 121 Å². The van der Waals surface area contributed by atoms with E-state index >= 15 is 0 Å². The monoisotopic (exact) mass is 2130 g/mol. The molecule has 14 fully saturated rings. The number of hydrogen-bond donors (Lipinski definition) is 2. The Bertz CT molecular complexity index is 4600. The van der Waals surface area contributed by atoms with Gasteiger partial charge >= 0.3 is 35.4 Å². The number of fused-ring (bicyclic) bond motifs is 2. The molecule has 0 saturated carbocycles. The molecule has 6 bridgehead atoms. The van der Waals surface area contributed by atoms with Crippen LogP contribution in [0, 0.1) is 47.3 Å². The minimum absolute atomic E-state index is 0.00101. The van der Waals surface area contributed by atoms with Gasteiger partial charge < -0.3 is 85.1 Å². The summed E-state index contributed by atoms with van der Waals surface area (Å²) in [6, 6.07) is 21.5. The summed E-state index contributed by atoms with van der Waals surface area (Å²) in [6.45, 7) is 71.5. The van der Waals surface area contributed by atoms with Crippen LogP contribution in [0.3, 0.4) is 0 Å². The van der Waals surface area contributed by atoms with E-state index in [1.165, 1.54) is 16.7 Å². The third-order valence-corrected chi connectivity index (χ3v) is 49.1. The summed E-state index contributed by atoms with van der Waals surface area (Å²) in [5.74, 6) is 1.88. The molecule has 2 aromatic rings. The first kappa shape index (κ1) is 123. The van der Waals surface area contributed by atoms with E-state index in [1.54, 1.807) is 6.08 Å². The Morgan fingerprint density at radius 1 is 0.507 bits per heavy atom. The lowest BCUT2D eigenvalue weighted by molar-refractivity contribution is -0.292. The third kappa shape index (κ3) is 32.2. The van der Waals surface area contributed by atoms with Crippen LogP contribution in [0.1, 0.15) is 277 Å². The molecule has 0 spiro atoms. The molecular formula is C114H180O27S2Si3. The molecule has 27 nitrogen and oxygen atoms in total. The molecule has 0 radical (unpaired) electrons. The van der Waals surface area contributed by atoms with Gasteiger partial charge in [0.05, 0.1) is 135 Å². The van der Waals surface area contributed by atoms with Crippen molar-refractivity contribution in [3.05, 3.63) is 133 Å². The summed E-state index contributed by atoms with van der Waals surface area (Å²) in [5, 5.41) is 20.1. The second kappa shape index (κ2) is 55.0. The molecule has 16 rings (SSSR count). The Morgan fingerprint density at radius 3 is 1.42 bits per heavy atom. The van der Waals surface area contributed by atoms with Gasteiger partial charge in [-0.3, -0.25) is 4.79 Å². The lowest BCUT2D eigenvalue weighted by atomic mass is 9.78. The van der Waals surface area contributed by atoms with Crippen molar-refractivity contribution in [2.24, 2.45) is 47.3 Å². The van der Waals surface area contributed by atoms with Crippen molar-refractivity contribution < 1.29 is 126 Å². The fraction of sp³-hybridized carbons (Fsp3) is 0.781. The Hall–Kier alpha value is -4.86. The molecule has 0 amide bonds. The minimum atomic E-state index is -2.33. The van der Waals surface area contributed by atoms with E-state index in [-0.39, 0.29) is 210 Å². The maximum Gasteiger partial charge on any atom is 0.373 e. The Morgan fingerprint density at radius 2 is 0.945 bits per heavy atom. The van der Waals surface area contributed by atoms with Crippen molar-refractivity contribution in [3.8, 4) is 0 Å². The standard InChI is InChI=1S/C66H114O9Si3.C46H66O10.2CO2.2O2S/c1-23-51-32-36-56-61(71-51)48(7)62(75-78(21,22)66(14,15)16)63(73-56)57(74-77(19,20)65(11,12)13)34-30-50(67)29-31-52-39-45(4)55(69-52)35-33-53-38-44(3)46(5)59(70-53)41-60-54(40-49-27-25-24-26-28-49)47(6)58(72-60)37-43(2)42-68-76(17,18)64(8,9)10;1-6-31-12-15-36-41(51-31)45-44-43(53-36)42-40(54-44)23-46(55-42,56-45)17-16-33-19-26(3)35(49-33)14-13-32-18-25(2)27(4)38(50-32)22-39-34(20-29-10-8-7-9-11-29)28(5)37(52-39)21-30(48)24-47;2*2-1-3;2*1-3-2/h24-28,30,34,43-44,47-48,51-63H,4-5,23,29,31-33,35-42H2,1-3,6-22H3;7-11,25,28,30-45,47-48H,3-4,6,12-24H2,1-2,5H3;;;;/b34-30+;;;;;/t43-,44+,47+,48-,51-,52-,53-,54+,55?,56-,57-,58+,59?,60-,61+,62-,63-;25-,28-,30+,31+,32+,33+,34-,35?,36+,37-,38?,39+,40?,41+,42+,43+,44-,45+,46+;;;;/m01..../s1. The van der Waals surface area contributed by atoms with Crippen molar-refractivity contribution in [2.75, 3.05) is 13.2 Å². The van der Waals surface area contributed by atoms with Crippen LogP contribution < -0.4 is 0 Å². The average Bonchev–Trinajstić information content (AvgIpc) is 1.54. The summed E-state index contributed by atoms with van der Waals surface area (Å²) < 4.78 is 143. The van der Waals surface area contributed by atoms with Gasteiger partial charge in [0.25, 0.3) is 0 Å². The largest absolute Gasteiger partial charge is 0.417 e. The SMILES string of the molecule is C=C1C[C@H](CCC(=O)/C=C/[C@H](O[Si](C)(C)C(C)(C)C)[C@@H]2O[C@H]3CC[C@H](CC)O[C@@H]3[C@H](C)[C@@H]2O[Si](C)(C)C(C)(C)C)OC1CC[C@H]1C[C@@H](C)C(=C)C(C[C@@H]2O[C@H](C[C@H](C)CO[Si](C)(C)C(C)(C)C)[C@H](C)[C@H]2Cc2ccccc2)O1.C=C1C[C@H](CC[C@@]23CC4O[C@H]5[C@@H](O2)[C@H]2O[C@@H](CC)CC[C@@H]2O[C@H]5[C@H]4O3)OC1CC[C@H]1C[C@@H](C)C(=C)C(C[C@@H]2O[C@H](C[C@H](O)CO)[C@H](C)[C@H]2Cc2ccccc2)O1.O=C=O.O=C=O.O=S=O.O=S=O. The second-order valence-electron chi connectivity index (χ2n) is 49.0. The van der Waals surface area contributed by atoms with Crippen molar-refractivity contribution in [2.45, 2.75) is 503 Å². The number of aliphatic hydroxyl groups is 2. The van der Waals surface area contributed by atoms with E-state index in [4.69, 9.17) is 111 Å². The molecule has 146 heavy (non-hydrogen) atoms. The van der Waals surface area contributed by atoms with Gasteiger partial charge in [-0.2, -0.15) is 36.0 Å². The van der Waals surface area contributed by atoms with Gasteiger partial charge in [-0.15, -0.1) is 0 Å². The number of aliphatic hydroxyl groups excluding tert-OH is 2. The van der Waals surface area contributed by atoms with E-state index in [0.717, 1.165) is 165 Å². The van der Waals surface area contributed by atoms with E-state index in [9.17, 15) is 15.0 Å². The molecule has 14 aliphatic rings. The van der Waals surface area contributed by atoms with Crippen LogP contribution >= 0.6 is 0 Å². The van der Waals surface area contributed by atoms with E-state index in [0.29, 0.717) is 48.9 Å². The molecule has 0 aliphatic carbocycles. The van der Waals surface area contributed by atoms with Crippen molar-refractivity contribution in [3.63, 3.8) is 0 Å². The predicted molar refractivity (Wildman–Crippen MR) is 566 cm³/mol. The minimum Gasteiger partial charge on any atom is -0.417 e. The first-order valence-electron chi connectivity index (χ1n) is 54.5. The molecule has 32 heteroatoms. The van der Waals surface area contributed by atoms with Gasteiger partial charge in [-0.25, -0.2) is 0 Å². The summed E-state index contributed by atoms with van der Waals surface area (Å²) in [5.41, 5.74) is 7.26. The van der Waals surface area contributed by atoms with E-state index in [2.05, 4.69) is 238 Å². The first-order chi connectivity index (χ1) is 68.9. The Balaban J connectivity index is 0.000000280. The fourth-order valence-electron chi connectivity index (χ4n) is 23.8. The van der Waals surface area contributed by atoms with Crippen molar-refractivity contribution in [1.82, 2.24) is 0 Å². The number of ketones is 1. The second-order valence-corrected chi connectivity index (χ2v) is 63.6. The Kier molecular flexibility index (Phi) is 46.3. The molecule has 14 aliphatic heterocycles. The highest BCUT2D eigenvalue weighted by molar-refractivity contribution is 7.52. The quantitative estimate of drug-likeness (QED) is 0.0360. The van der Waals surface area contributed by atoms with Crippen LogP contribution in [-0.2, 0) is 135 Å². The molecule has 2 aromatic carbocycles. The highest BCUT2D eigenvalue weighted by Gasteiger charge is 2.69. The summed E-state index contributed by atoms with van der Waals surface area (Å²) >= 11 is -1.50. The average molecular weight is 2130 g/mol. The fourth-order valence-corrected chi connectivity index (χ4v) is 27.5. The molecule has 14 saturated heterocycles. The molecular weight excluding hydrogens is 1950 g/mol. The van der Waals surface area contributed by atoms with Crippen molar-refractivity contribution in [1.29, 1.82) is 0 Å². The maximum absolute atomic E-state index is 14.0. The van der Waals surface area contributed by atoms with E-state index < -0.39 is 66.1 Å². The zero-order valence-electron chi connectivity index (χ0n) is 92.0. The van der Waals surface area contributed by atoms with Crippen LogP contribution in [-0.4, -0.2) is 254 Å². The number of rotatable bonds is 37. The highest BCUT2D eigenvalue weighted by atomic mass is 32.1. The smallest absolute Gasteiger partial charge is 0.373 e. The number of ether oxygens (including phenoxy) is 13. The van der Waals surface area contributed by atoms with Gasteiger partial charge in [-0.05, 0) is 257 Å². The third-order valence-electron chi connectivity index (χ3n) is 35.7. The topological polar surface area (TPSA) is 342 Å². The number of carbonyl (C=O) groups excluding carboxylic acids is 5. The number of carbonyl (C=O) groups is 1. The van der Waals surface area contributed by atoms with Gasteiger partial charge in [-0.1, -0.05) is 211 Å². The molecule has 0 aromatic heterocycles. The maximum atomic E-state index is 14.0. The number of allylic oxidation sites excluding steroid dienone is 1. The van der Waals surface area contributed by atoms with Crippen LogP contribution in [0.4, 0.5) is 0 Å². The van der Waals surface area contributed by atoms with Crippen LogP contribution in [0.2, 0.25) is 54.4 Å². The Labute approximate surface area is 882 Å². The highest BCUT2D eigenvalue weighted by Crippen LogP contribution is 2.56. The lowest BCUT2D eigenvalue weighted by Gasteiger charge is -2.54. The lowest BCUT2D eigenvalue weighted by Crippen LogP contribution is -2.64. The van der Waals surface area contributed by atoms with Crippen LogP contribution in [0.25, 0.3) is 0 Å². The molecule has 14 heterocycles. The van der Waals surface area contributed by atoms with Crippen LogP contribution in [0.5, 0.6) is 0 Å². The molecule has 36 atom stereocenters. The zero-order chi connectivity index (χ0) is 107. The summed E-state index contributed by atoms with van der Waals surface area (Å²) in [7, 11) is -6.43. The van der Waals surface area contributed by atoms with Gasteiger partial charge in [0.15, 0.2) is 36.5 Å². The molecule has 822 valence electrons. The zero-order valence-corrected chi connectivity index (χ0v) is 96.6. The number of hydrogen-bond acceptors (Lipinski definition) is 27. The van der Waals surface area contributed by atoms with Gasteiger partial charge in [0.2, 0.25) is 0 Å².